The van der Waals surface area contributed by atoms with Crippen molar-refractivity contribution in [3.63, 3.8) is 0 Å². The molecule has 1 fully saturated rings. The van der Waals surface area contributed by atoms with E-state index in [4.69, 9.17) is 0 Å². The van der Waals surface area contributed by atoms with Crippen LogP contribution in [0.25, 0.3) is 0 Å². The average Bonchev–Trinajstić information content (AvgIpc) is 2.73. The van der Waals surface area contributed by atoms with Crippen molar-refractivity contribution in [2.24, 2.45) is 5.92 Å². The van der Waals surface area contributed by atoms with Crippen LogP contribution in [0.5, 0.6) is 0 Å². The van der Waals surface area contributed by atoms with Gasteiger partial charge in [0, 0.05) is 25.4 Å². The standard InChI is InChI=1S/C10H11BrFNO3S2/c11-10-8(1-2-17-10)5-13-4-7(3-9(13)14)6-18(12,15)16/h1-2,7H,3-6H2. The summed E-state index contributed by atoms with van der Waals surface area (Å²) in [7, 11) is -4.51. The number of likely N-dealkylation sites (tertiary alicyclic amines) is 1. The van der Waals surface area contributed by atoms with Crippen LogP contribution < -0.4 is 0 Å². The average molecular weight is 356 g/mol. The van der Waals surface area contributed by atoms with E-state index in [0.717, 1.165) is 9.35 Å². The first kappa shape index (κ1) is 14.0. The summed E-state index contributed by atoms with van der Waals surface area (Å²) < 4.78 is 34.7. The zero-order valence-corrected chi connectivity index (χ0v) is 12.5. The second kappa shape index (κ2) is 5.26. The summed E-state index contributed by atoms with van der Waals surface area (Å²) in [6.45, 7) is 0.732. The molecule has 0 aliphatic carbocycles. The summed E-state index contributed by atoms with van der Waals surface area (Å²) in [5.41, 5.74) is 0.983. The lowest BCUT2D eigenvalue weighted by molar-refractivity contribution is -0.128. The zero-order valence-electron chi connectivity index (χ0n) is 9.30. The minimum Gasteiger partial charge on any atom is -0.338 e. The molecule has 1 saturated heterocycles. The summed E-state index contributed by atoms with van der Waals surface area (Å²) in [5.74, 6) is -1.13. The Hall–Kier alpha value is -0.470. The fraction of sp³-hybridized carbons (Fsp3) is 0.500. The summed E-state index contributed by atoms with van der Waals surface area (Å²) in [4.78, 5) is 13.3. The van der Waals surface area contributed by atoms with Gasteiger partial charge in [-0.2, -0.15) is 8.42 Å². The highest BCUT2D eigenvalue weighted by Gasteiger charge is 2.32. The second-order valence-electron chi connectivity index (χ2n) is 4.27. The summed E-state index contributed by atoms with van der Waals surface area (Å²) in [6.07, 6.45) is 0.102. The van der Waals surface area contributed by atoms with Gasteiger partial charge in [0.1, 0.15) is 0 Å². The molecule has 0 spiro atoms. The van der Waals surface area contributed by atoms with Crippen LogP contribution in [0.3, 0.4) is 0 Å². The Balaban J connectivity index is 2.00. The molecule has 0 aromatic carbocycles. The minimum absolute atomic E-state index is 0.102. The van der Waals surface area contributed by atoms with E-state index in [-0.39, 0.29) is 12.3 Å². The highest BCUT2D eigenvalue weighted by molar-refractivity contribution is 9.11. The topological polar surface area (TPSA) is 54.5 Å². The number of hydrogen-bond donors (Lipinski definition) is 0. The van der Waals surface area contributed by atoms with Crippen molar-refractivity contribution in [2.45, 2.75) is 13.0 Å². The number of carbonyl (C=O) groups is 1. The third-order valence-corrected chi connectivity index (χ3v) is 5.46. The van der Waals surface area contributed by atoms with Crippen molar-refractivity contribution >= 4 is 43.4 Å². The van der Waals surface area contributed by atoms with Crippen molar-refractivity contribution in [1.82, 2.24) is 4.90 Å². The van der Waals surface area contributed by atoms with E-state index in [1.807, 2.05) is 11.4 Å². The van der Waals surface area contributed by atoms with Gasteiger partial charge in [0.25, 0.3) is 0 Å². The van der Waals surface area contributed by atoms with E-state index < -0.39 is 21.9 Å². The van der Waals surface area contributed by atoms with Gasteiger partial charge >= 0.3 is 10.2 Å². The lowest BCUT2D eigenvalue weighted by atomic mass is 10.1. The molecule has 18 heavy (non-hydrogen) atoms. The van der Waals surface area contributed by atoms with Crippen LogP contribution in [0.1, 0.15) is 12.0 Å². The molecule has 2 rings (SSSR count). The number of amides is 1. The molecule has 1 amide bonds. The van der Waals surface area contributed by atoms with Gasteiger partial charge in [-0.3, -0.25) is 4.79 Å². The predicted octanol–water partition coefficient (Wildman–Crippen LogP) is 2.16. The normalized spacial score (nSPS) is 20.7. The number of halogens is 2. The van der Waals surface area contributed by atoms with Crippen molar-refractivity contribution in [3.8, 4) is 0 Å². The summed E-state index contributed by atoms with van der Waals surface area (Å²) in [6, 6.07) is 1.90. The maximum absolute atomic E-state index is 12.6. The van der Waals surface area contributed by atoms with E-state index in [1.54, 1.807) is 4.90 Å². The molecule has 8 heteroatoms. The van der Waals surface area contributed by atoms with E-state index in [2.05, 4.69) is 15.9 Å². The molecule has 0 bridgehead atoms. The molecule has 0 radical (unpaired) electrons. The highest BCUT2D eigenvalue weighted by Crippen LogP contribution is 2.28. The van der Waals surface area contributed by atoms with Crippen LogP contribution in [0.2, 0.25) is 0 Å². The largest absolute Gasteiger partial charge is 0.338 e. The maximum Gasteiger partial charge on any atom is 0.302 e. The van der Waals surface area contributed by atoms with Crippen molar-refractivity contribution < 1.29 is 17.1 Å². The Morgan fingerprint density at radius 1 is 1.56 bits per heavy atom. The van der Waals surface area contributed by atoms with Gasteiger partial charge in [-0.05, 0) is 32.9 Å². The quantitative estimate of drug-likeness (QED) is 0.777. The SMILES string of the molecule is O=C1CC(CS(=O)(=O)F)CN1Cc1ccsc1Br. The molecule has 100 valence electrons. The van der Waals surface area contributed by atoms with E-state index in [0.29, 0.717) is 13.1 Å². The minimum atomic E-state index is -4.51. The number of hydrogen-bond acceptors (Lipinski definition) is 4. The van der Waals surface area contributed by atoms with Crippen LogP contribution in [-0.4, -0.2) is 31.5 Å². The molecule has 1 unspecified atom stereocenters. The molecular weight excluding hydrogens is 345 g/mol. The maximum atomic E-state index is 12.6. The highest BCUT2D eigenvalue weighted by atomic mass is 79.9. The Kier molecular flexibility index (Phi) is 4.08. The molecule has 1 aromatic rings. The van der Waals surface area contributed by atoms with Gasteiger partial charge in [-0.1, -0.05) is 0 Å². The van der Waals surface area contributed by atoms with Crippen LogP contribution in [0.4, 0.5) is 3.89 Å². The Morgan fingerprint density at radius 2 is 2.28 bits per heavy atom. The summed E-state index contributed by atoms with van der Waals surface area (Å²) >= 11 is 4.90. The van der Waals surface area contributed by atoms with Gasteiger partial charge in [0.15, 0.2) is 0 Å². The third kappa shape index (κ3) is 3.52. The van der Waals surface area contributed by atoms with E-state index in [1.165, 1.54) is 11.3 Å². The number of carbonyl (C=O) groups excluding carboxylic acids is 1. The molecular formula is C10H11BrFNO3S2. The molecule has 1 atom stereocenters. The predicted molar refractivity (Wildman–Crippen MR) is 70.4 cm³/mol. The fourth-order valence-corrected chi connectivity index (χ4v) is 4.04. The lowest BCUT2D eigenvalue weighted by Crippen LogP contribution is -2.25. The first-order valence-corrected chi connectivity index (χ1v) is 8.49. The second-order valence-corrected chi connectivity index (χ2v) is 7.91. The Bertz CT molecular complexity index is 557. The monoisotopic (exact) mass is 355 g/mol. The summed E-state index contributed by atoms with van der Waals surface area (Å²) in [5, 5.41) is 1.91. The van der Waals surface area contributed by atoms with Crippen LogP contribution >= 0.6 is 27.3 Å². The Labute approximate surface area is 117 Å². The number of thiophene rings is 1. The zero-order chi connectivity index (χ0) is 13.3. The van der Waals surface area contributed by atoms with Crippen molar-refractivity contribution in [3.05, 3.63) is 20.8 Å². The van der Waals surface area contributed by atoms with Crippen LogP contribution in [-0.2, 0) is 21.6 Å². The first-order valence-electron chi connectivity index (χ1n) is 5.27. The van der Waals surface area contributed by atoms with Gasteiger partial charge in [0.2, 0.25) is 5.91 Å². The third-order valence-electron chi connectivity index (χ3n) is 2.78. The lowest BCUT2D eigenvalue weighted by Gasteiger charge is -2.15. The molecule has 1 aliphatic heterocycles. The molecule has 2 heterocycles. The molecule has 1 aliphatic rings. The number of nitrogens with zero attached hydrogens (tertiary/aromatic N) is 1. The molecule has 0 N–H and O–H groups in total. The molecule has 4 nitrogen and oxygen atoms in total. The van der Waals surface area contributed by atoms with E-state index >= 15 is 0 Å². The Morgan fingerprint density at radius 3 is 2.83 bits per heavy atom. The number of rotatable bonds is 4. The smallest absolute Gasteiger partial charge is 0.302 e. The van der Waals surface area contributed by atoms with Crippen LogP contribution in [0.15, 0.2) is 15.2 Å². The van der Waals surface area contributed by atoms with Gasteiger partial charge in [-0.15, -0.1) is 15.2 Å². The fourth-order valence-electron chi connectivity index (χ4n) is 2.04. The van der Waals surface area contributed by atoms with Crippen LogP contribution in [0, 0.1) is 5.92 Å². The van der Waals surface area contributed by atoms with Crippen molar-refractivity contribution in [1.29, 1.82) is 0 Å². The van der Waals surface area contributed by atoms with E-state index in [9.17, 15) is 17.1 Å². The molecule has 1 aromatic heterocycles. The molecule has 0 saturated carbocycles. The van der Waals surface area contributed by atoms with Gasteiger partial charge in [-0.25, -0.2) is 0 Å². The first-order chi connectivity index (χ1) is 8.35. The van der Waals surface area contributed by atoms with Crippen molar-refractivity contribution in [2.75, 3.05) is 12.3 Å². The van der Waals surface area contributed by atoms with Gasteiger partial charge < -0.3 is 4.90 Å². The van der Waals surface area contributed by atoms with Gasteiger partial charge in [0.05, 0.1) is 9.54 Å².